The van der Waals surface area contributed by atoms with E-state index in [2.05, 4.69) is 48.0 Å². The van der Waals surface area contributed by atoms with Crippen LogP contribution < -0.4 is 10.2 Å². The number of aromatic nitrogens is 2. The van der Waals surface area contributed by atoms with Crippen molar-refractivity contribution >= 4 is 11.6 Å². The van der Waals surface area contributed by atoms with Crippen molar-refractivity contribution in [3.8, 4) is 0 Å². The van der Waals surface area contributed by atoms with Gasteiger partial charge in [-0.05, 0) is 19.8 Å². The Morgan fingerprint density at radius 3 is 2.63 bits per heavy atom. The number of hydrogen-bond donors (Lipinski definition) is 1. The van der Waals surface area contributed by atoms with Gasteiger partial charge in [0.1, 0.15) is 18.2 Å². The van der Waals surface area contributed by atoms with Crippen molar-refractivity contribution in [1.82, 2.24) is 9.97 Å². The van der Waals surface area contributed by atoms with E-state index in [4.69, 9.17) is 4.74 Å². The van der Waals surface area contributed by atoms with Gasteiger partial charge in [0.25, 0.3) is 0 Å². The first-order chi connectivity index (χ1) is 9.06. The van der Waals surface area contributed by atoms with Gasteiger partial charge in [0, 0.05) is 32.8 Å². The lowest BCUT2D eigenvalue weighted by Crippen LogP contribution is -2.24. The molecule has 0 aliphatic rings. The predicted molar refractivity (Wildman–Crippen MR) is 79.6 cm³/mol. The van der Waals surface area contributed by atoms with E-state index in [1.165, 1.54) is 0 Å². The van der Waals surface area contributed by atoms with Gasteiger partial charge in [0.15, 0.2) is 5.82 Å². The van der Waals surface area contributed by atoms with Crippen molar-refractivity contribution < 1.29 is 4.74 Å². The molecule has 0 spiro atoms. The zero-order valence-electron chi connectivity index (χ0n) is 12.7. The Morgan fingerprint density at radius 1 is 1.32 bits per heavy atom. The lowest BCUT2D eigenvalue weighted by atomic mass is 10.2. The molecule has 1 heterocycles. The maximum Gasteiger partial charge on any atom is 0.158 e. The van der Waals surface area contributed by atoms with Gasteiger partial charge in [-0.3, -0.25) is 0 Å². The SMILES string of the molecule is CCNc1cc(N(C)CC(C)C)nc(COCC)n1. The van der Waals surface area contributed by atoms with Crippen LogP contribution in [0.1, 0.15) is 33.5 Å². The van der Waals surface area contributed by atoms with Crippen molar-refractivity contribution in [2.24, 2.45) is 5.92 Å². The zero-order chi connectivity index (χ0) is 14.3. The van der Waals surface area contributed by atoms with Crippen LogP contribution in [-0.4, -0.2) is 36.7 Å². The predicted octanol–water partition coefficient (Wildman–Crippen LogP) is 2.54. The summed E-state index contributed by atoms with van der Waals surface area (Å²) in [6, 6.07) is 1.99. The molecule has 0 saturated carbocycles. The molecule has 0 bridgehead atoms. The highest BCUT2D eigenvalue weighted by Crippen LogP contribution is 2.16. The normalized spacial score (nSPS) is 10.8. The van der Waals surface area contributed by atoms with Crippen LogP contribution in [0.4, 0.5) is 11.6 Å². The van der Waals surface area contributed by atoms with Crippen molar-refractivity contribution in [1.29, 1.82) is 0 Å². The maximum atomic E-state index is 5.40. The summed E-state index contributed by atoms with van der Waals surface area (Å²) in [7, 11) is 2.06. The standard InChI is InChI=1S/C14H26N4O/c1-6-15-12-8-14(18(5)9-11(3)4)17-13(16-12)10-19-7-2/h8,11H,6-7,9-10H2,1-5H3,(H,15,16,17). The van der Waals surface area contributed by atoms with E-state index in [0.29, 0.717) is 19.1 Å². The van der Waals surface area contributed by atoms with Crippen LogP contribution in [-0.2, 0) is 11.3 Å². The maximum absolute atomic E-state index is 5.40. The number of nitrogens with zero attached hydrogens (tertiary/aromatic N) is 3. The second-order valence-corrected chi connectivity index (χ2v) is 4.97. The van der Waals surface area contributed by atoms with Crippen LogP contribution in [0.5, 0.6) is 0 Å². The van der Waals surface area contributed by atoms with E-state index in [1.54, 1.807) is 0 Å². The van der Waals surface area contributed by atoms with Crippen LogP contribution in [0.3, 0.4) is 0 Å². The fourth-order valence-corrected chi connectivity index (χ4v) is 1.85. The molecule has 0 unspecified atom stereocenters. The average Bonchev–Trinajstić information content (AvgIpc) is 2.35. The molecule has 0 atom stereocenters. The van der Waals surface area contributed by atoms with Crippen molar-refractivity contribution in [2.45, 2.75) is 34.3 Å². The summed E-state index contributed by atoms with van der Waals surface area (Å²) in [6.07, 6.45) is 0. The molecule has 1 aromatic rings. The third-order valence-electron chi connectivity index (χ3n) is 2.58. The smallest absolute Gasteiger partial charge is 0.158 e. The highest BCUT2D eigenvalue weighted by Gasteiger charge is 2.09. The quantitative estimate of drug-likeness (QED) is 0.783. The zero-order valence-corrected chi connectivity index (χ0v) is 12.7. The highest BCUT2D eigenvalue weighted by molar-refractivity contribution is 5.48. The number of nitrogens with one attached hydrogen (secondary N) is 1. The molecule has 0 aromatic carbocycles. The van der Waals surface area contributed by atoms with E-state index in [0.717, 1.165) is 30.5 Å². The lowest BCUT2D eigenvalue weighted by Gasteiger charge is -2.21. The molecule has 0 fully saturated rings. The molecular formula is C14H26N4O. The van der Waals surface area contributed by atoms with Crippen LogP contribution >= 0.6 is 0 Å². The molecular weight excluding hydrogens is 240 g/mol. The molecule has 5 nitrogen and oxygen atoms in total. The molecule has 1 N–H and O–H groups in total. The summed E-state index contributed by atoms with van der Waals surface area (Å²) in [6.45, 7) is 11.4. The molecule has 1 rings (SSSR count). The Bertz CT molecular complexity index is 382. The largest absolute Gasteiger partial charge is 0.374 e. The average molecular weight is 266 g/mol. The van der Waals surface area contributed by atoms with Crippen molar-refractivity contribution in [2.75, 3.05) is 37.0 Å². The van der Waals surface area contributed by atoms with Gasteiger partial charge in [0.05, 0.1) is 0 Å². The second-order valence-electron chi connectivity index (χ2n) is 4.97. The lowest BCUT2D eigenvalue weighted by molar-refractivity contribution is 0.128. The van der Waals surface area contributed by atoms with Gasteiger partial charge in [-0.15, -0.1) is 0 Å². The summed E-state index contributed by atoms with van der Waals surface area (Å²) in [4.78, 5) is 11.2. The summed E-state index contributed by atoms with van der Waals surface area (Å²) in [5.41, 5.74) is 0. The van der Waals surface area contributed by atoms with Gasteiger partial charge >= 0.3 is 0 Å². The van der Waals surface area contributed by atoms with E-state index in [1.807, 2.05) is 13.0 Å². The summed E-state index contributed by atoms with van der Waals surface area (Å²) in [5.74, 6) is 3.12. The van der Waals surface area contributed by atoms with Crippen LogP contribution in [0.2, 0.25) is 0 Å². The fraction of sp³-hybridized carbons (Fsp3) is 0.714. The number of rotatable bonds is 8. The molecule has 0 amide bonds. The van der Waals surface area contributed by atoms with Crippen LogP contribution in [0, 0.1) is 5.92 Å². The van der Waals surface area contributed by atoms with Gasteiger partial charge in [-0.1, -0.05) is 13.8 Å². The molecule has 0 radical (unpaired) electrons. The molecule has 0 aliphatic heterocycles. The Labute approximate surface area is 116 Å². The van der Waals surface area contributed by atoms with E-state index in [9.17, 15) is 0 Å². The molecule has 5 heteroatoms. The molecule has 0 saturated heterocycles. The van der Waals surface area contributed by atoms with Gasteiger partial charge in [-0.2, -0.15) is 0 Å². The van der Waals surface area contributed by atoms with Crippen molar-refractivity contribution in [3.63, 3.8) is 0 Å². The summed E-state index contributed by atoms with van der Waals surface area (Å²) < 4.78 is 5.40. The van der Waals surface area contributed by atoms with E-state index in [-0.39, 0.29) is 0 Å². The molecule has 19 heavy (non-hydrogen) atoms. The minimum Gasteiger partial charge on any atom is -0.374 e. The summed E-state index contributed by atoms with van der Waals surface area (Å²) >= 11 is 0. The van der Waals surface area contributed by atoms with Crippen LogP contribution in [0.25, 0.3) is 0 Å². The van der Waals surface area contributed by atoms with E-state index >= 15 is 0 Å². The van der Waals surface area contributed by atoms with Gasteiger partial charge in [0.2, 0.25) is 0 Å². The molecule has 108 valence electrons. The number of ether oxygens (including phenoxy) is 1. The van der Waals surface area contributed by atoms with E-state index < -0.39 is 0 Å². The first-order valence-corrected chi connectivity index (χ1v) is 6.97. The Kier molecular flexibility index (Phi) is 6.56. The Morgan fingerprint density at radius 2 is 2.05 bits per heavy atom. The first kappa shape index (κ1) is 15.7. The second kappa shape index (κ2) is 7.94. The molecule has 0 aliphatic carbocycles. The minimum atomic E-state index is 0.457. The monoisotopic (exact) mass is 266 g/mol. The fourth-order valence-electron chi connectivity index (χ4n) is 1.85. The minimum absolute atomic E-state index is 0.457. The van der Waals surface area contributed by atoms with Gasteiger partial charge < -0.3 is 15.0 Å². The van der Waals surface area contributed by atoms with Gasteiger partial charge in [-0.25, -0.2) is 9.97 Å². The third kappa shape index (κ3) is 5.42. The Hall–Kier alpha value is -1.36. The number of anilines is 2. The number of hydrogen-bond acceptors (Lipinski definition) is 5. The Balaban J connectivity index is 2.91. The summed E-state index contributed by atoms with van der Waals surface area (Å²) in [5, 5.41) is 3.24. The highest BCUT2D eigenvalue weighted by atomic mass is 16.5. The van der Waals surface area contributed by atoms with Crippen molar-refractivity contribution in [3.05, 3.63) is 11.9 Å². The third-order valence-corrected chi connectivity index (χ3v) is 2.58. The first-order valence-electron chi connectivity index (χ1n) is 6.97. The molecule has 1 aromatic heterocycles. The van der Waals surface area contributed by atoms with Crippen LogP contribution in [0.15, 0.2) is 6.07 Å². The topological polar surface area (TPSA) is 50.3 Å².